The Hall–Kier alpha value is -2.52. The Morgan fingerprint density at radius 3 is 2.32 bits per heavy atom. The van der Waals surface area contributed by atoms with E-state index in [0.29, 0.717) is 19.0 Å². The number of hydrogen-bond acceptors (Lipinski definition) is 6. The van der Waals surface area contributed by atoms with E-state index < -0.39 is 11.9 Å². The fourth-order valence-electron chi connectivity index (χ4n) is 1.11. The highest BCUT2D eigenvalue weighted by Gasteiger charge is 2.15. The zero-order valence-corrected chi connectivity index (χ0v) is 10.5. The van der Waals surface area contributed by atoms with Gasteiger partial charge in [-0.15, -0.1) is 0 Å². The van der Waals surface area contributed by atoms with E-state index in [9.17, 15) is 9.59 Å². The number of rotatable bonds is 4. The van der Waals surface area contributed by atoms with Crippen LogP contribution in [0, 0.1) is 5.41 Å². The minimum absolute atomic E-state index is 0.0463. The molecule has 0 aliphatic carbocycles. The van der Waals surface area contributed by atoms with E-state index in [-0.39, 0.29) is 19.0 Å². The molecule has 7 N–H and O–H groups in total. The molecular weight excluding hydrogens is 256 g/mol. The van der Waals surface area contributed by atoms with Gasteiger partial charge in [0.1, 0.15) is 13.1 Å². The van der Waals surface area contributed by atoms with Crippen molar-refractivity contribution in [3.8, 4) is 0 Å². The lowest BCUT2D eigenvalue weighted by Crippen LogP contribution is -2.37. The minimum Gasteiger partial charge on any atom is -0.480 e. The first-order chi connectivity index (χ1) is 8.73. The Morgan fingerprint density at radius 2 is 2.05 bits per heavy atom. The van der Waals surface area contributed by atoms with Gasteiger partial charge in [-0.1, -0.05) is 0 Å². The Balaban J connectivity index is 0.000000344. The highest BCUT2D eigenvalue weighted by atomic mass is 16.4. The SMILES string of the molecule is CN(CC(=O)O)C(=N)N.NC1=NCCN1CC(=O)O. The Labute approximate surface area is 109 Å². The van der Waals surface area contributed by atoms with Crippen LogP contribution < -0.4 is 11.5 Å². The predicted octanol–water partition coefficient (Wildman–Crippen LogP) is -2.40. The van der Waals surface area contributed by atoms with E-state index in [4.69, 9.17) is 27.1 Å². The molecule has 1 rings (SSSR count). The third-order valence-corrected chi connectivity index (χ3v) is 2.08. The molecular formula is C9H18N6O4. The maximum absolute atomic E-state index is 10.1. The van der Waals surface area contributed by atoms with Gasteiger partial charge in [0.05, 0.1) is 6.54 Å². The Bertz CT molecular complexity index is 383. The van der Waals surface area contributed by atoms with E-state index in [0.717, 1.165) is 4.90 Å². The molecule has 0 amide bonds. The molecule has 0 aromatic carbocycles. The van der Waals surface area contributed by atoms with Crippen LogP contribution in [0.3, 0.4) is 0 Å². The maximum atomic E-state index is 10.1. The van der Waals surface area contributed by atoms with Gasteiger partial charge < -0.3 is 31.5 Å². The molecule has 108 valence electrons. The maximum Gasteiger partial charge on any atom is 0.323 e. The average molecular weight is 274 g/mol. The molecule has 10 heteroatoms. The fourth-order valence-corrected chi connectivity index (χ4v) is 1.11. The number of nitrogens with two attached hydrogens (primary N) is 2. The zero-order chi connectivity index (χ0) is 15.0. The molecule has 0 fully saturated rings. The van der Waals surface area contributed by atoms with Crippen molar-refractivity contribution in [3.05, 3.63) is 0 Å². The molecule has 0 unspecified atom stereocenters. The number of nitrogens with one attached hydrogen (secondary N) is 1. The van der Waals surface area contributed by atoms with Gasteiger partial charge in [0.25, 0.3) is 0 Å². The van der Waals surface area contributed by atoms with E-state index in [2.05, 4.69) is 4.99 Å². The van der Waals surface area contributed by atoms with Gasteiger partial charge in [0, 0.05) is 13.6 Å². The summed E-state index contributed by atoms with van der Waals surface area (Å²) in [6.07, 6.45) is 0. The van der Waals surface area contributed by atoms with Crippen molar-refractivity contribution in [2.75, 3.05) is 33.2 Å². The Morgan fingerprint density at radius 1 is 1.47 bits per heavy atom. The van der Waals surface area contributed by atoms with Crippen molar-refractivity contribution in [2.45, 2.75) is 0 Å². The molecule has 1 aliphatic heterocycles. The van der Waals surface area contributed by atoms with E-state index >= 15 is 0 Å². The number of aliphatic imine (C=N–C) groups is 1. The van der Waals surface area contributed by atoms with Crippen LogP contribution in [-0.2, 0) is 9.59 Å². The largest absolute Gasteiger partial charge is 0.480 e. The van der Waals surface area contributed by atoms with Gasteiger partial charge in [-0.2, -0.15) is 0 Å². The van der Waals surface area contributed by atoms with Crippen LogP contribution in [0.2, 0.25) is 0 Å². The minimum atomic E-state index is -0.993. The van der Waals surface area contributed by atoms with Crippen molar-refractivity contribution in [3.63, 3.8) is 0 Å². The van der Waals surface area contributed by atoms with E-state index in [1.165, 1.54) is 11.9 Å². The third-order valence-electron chi connectivity index (χ3n) is 2.08. The molecule has 1 aliphatic rings. The van der Waals surface area contributed by atoms with Gasteiger partial charge in [-0.05, 0) is 0 Å². The summed E-state index contributed by atoms with van der Waals surface area (Å²) in [7, 11) is 1.44. The number of carboxylic acid groups (broad SMARTS) is 2. The molecule has 1 heterocycles. The van der Waals surface area contributed by atoms with E-state index in [1.54, 1.807) is 0 Å². The van der Waals surface area contributed by atoms with Crippen LogP contribution in [0.1, 0.15) is 0 Å². The third kappa shape index (κ3) is 7.41. The van der Waals surface area contributed by atoms with Crippen LogP contribution in [0.4, 0.5) is 0 Å². The number of carboxylic acids is 2. The first kappa shape index (κ1) is 16.5. The fraction of sp³-hybridized carbons (Fsp3) is 0.556. The van der Waals surface area contributed by atoms with Crippen LogP contribution in [0.5, 0.6) is 0 Å². The summed E-state index contributed by atoms with van der Waals surface area (Å²) in [5, 5.41) is 23.2. The predicted molar refractivity (Wildman–Crippen MR) is 67.9 cm³/mol. The summed E-state index contributed by atoms with van der Waals surface area (Å²) in [4.78, 5) is 26.6. The summed E-state index contributed by atoms with van der Waals surface area (Å²) in [5.41, 5.74) is 10.3. The summed E-state index contributed by atoms with van der Waals surface area (Å²) in [5.74, 6) is -1.77. The smallest absolute Gasteiger partial charge is 0.323 e. The van der Waals surface area contributed by atoms with Gasteiger partial charge in [-0.25, -0.2) is 0 Å². The summed E-state index contributed by atoms with van der Waals surface area (Å²) < 4.78 is 0. The topological polar surface area (TPSA) is 169 Å². The number of likely N-dealkylation sites (N-methyl/N-ethyl adjacent to an activating group) is 1. The molecule has 0 radical (unpaired) electrons. The Kier molecular flexibility index (Phi) is 6.71. The van der Waals surface area contributed by atoms with Crippen LogP contribution in [-0.4, -0.2) is 77.1 Å². The van der Waals surface area contributed by atoms with E-state index in [1.807, 2.05) is 0 Å². The second kappa shape index (κ2) is 7.74. The zero-order valence-electron chi connectivity index (χ0n) is 10.5. The van der Waals surface area contributed by atoms with Crippen molar-refractivity contribution < 1.29 is 19.8 Å². The number of carbonyl (C=O) groups is 2. The highest BCUT2D eigenvalue weighted by Crippen LogP contribution is 1.95. The van der Waals surface area contributed by atoms with Crippen molar-refractivity contribution in [1.29, 1.82) is 5.41 Å². The monoisotopic (exact) mass is 274 g/mol. The van der Waals surface area contributed by atoms with Gasteiger partial charge >= 0.3 is 11.9 Å². The first-order valence-electron chi connectivity index (χ1n) is 5.27. The second-order valence-electron chi connectivity index (χ2n) is 3.69. The standard InChI is InChI=1S/C5H9N3O2.C4H9N3O2/c6-5-7-1-2-8(5)3-4(9)10;1-7(4(5)6)2-3(8)9/h1-3H2,(H2,6,7)(H,9,10);2H2,1H3,(H3,5,6)(H,8,9). The average Bonchev–Trinajstić information content (AvgIpc) is 2.63. The lowest BCUT2D eigenvalue weighted by atomic mass is 10.5. The molecule has 0 atom stereocenters. The molecule has 10 nitrogen and oxygen atoms in total. The number of hydrogen-bond donors (Lipinski definition) is 5. The van der Waals surface area contributed by atoms with Gasteiger partial charge in [0.2, 0.25) is 0 Å². The summed E-state index contributed by atoms with van der Waals surface area (Å²) in [6.45, 7) is 0.960. The summed E-state index contributed by atoms with van der Waals surface area (Å²) >= 11 is 0. The molecule has 0 aromatic rings. The van der Waals surface area contributed by atoms with Crippen molar-refractivity contribution in [2.24, 2.45) is 16.5 Å². The first-order valence-corrected chi connectivity index (χ1v) is 5.27. The quantitative estimate of drug-likeness (QED) is 0.279. The second-order valence-corrected chi connectivity index (χ2v) is 3.69. The lowest BCUT2D eigenvalue weighted by Gasteiger charge is -2.13. The molecule has 19 heavy (non-hydrogen) atoms. The number of guanidine groups is 2. The normalized spacial score (nSPS) is 13.1. The summed E-state index contributed by atoms with van der Waals surface area (Å²) in [6, 6.07) is 0. The van der Waals surface area contributed by atoms with Crippen molar-refractivity contribution in [1.82, 2.24) is 9.80 Å². The lowest BCUT2D eigenvalue weighted by molar-refractivity contribution is -0.138. The number of aliphatic carboxylic acids is 2. The molecule has 0 aromatic heterocycles. The molecule has 0 saturated carbocycles. The van der Waals surface area contributed by atoms with Crippen LogP contribution >= 0.6 is 0 Å². The molecule has 0 saturated heterocycles. The molecule has 0 spiro atoms. The molecule has 0 bridgehead atoms. The van der Waals surface area contributed by atoms with Crippen LogP contribution in [0.15, 0.2) is 4.99 Å². The van der Waals surface area contributed by atoms with Gasteiger partial charge in [-0.3, -0.25) is 20.0 Å². The van der Waals surface area contributed by atoms with Crippen LogP contribution in [0.25, 0.3) is 0 Å². The number of nitrogens with zero attached hydrogens (tertiary/aromatic N) is 3. The highest BCUT2D eigenvalue weighted by molar-refractivity contribution is 5.83. The van der Waals surface area contributed by atoms with Gasteiger partial charge in [0.15, 0.2) is 11.9 Å². The van der Waals surface area contributed by atoms with Crippen molar-refractivity contribution >= 4 is 23.9 Å².